The molecule has 0 aliphatic carbocycles. The Labute approximate surface area is 160 Å². The molecule has 142 valence electrons. The molecule has 2 heterocycles. The van der Waals surface area contributed by atoms with Crippen molar-refractivity contribution in [2.45, 2.75) is 25.8 Å². The Hall–Kier alpha value is -1.89. The van der Waals surface area contributed by atoms with Gasteiger partial charge in [-0.3, -0.25) is 4.79 Å². The molecular weight excluding hydrogens is 352 g/mol. The van der Waals surface area contributed by atoms with E-state index in [1.54, 1.807) is 13.3 Å². The molecule has 2 N–H and O–H groups in total. The fourth-order valence-electron chi connectivity index (χ4n) is 3.39. The summed E-state index contributed by atoms with van der Waals surface area (Å²) in [6, 6.07) is 9.94. The number of hydrogen-bond acceptors (Lipinski definition) is 4. The number of halogens is 1. The highest BCUT2D eigenvalue weighted by Gasteiger charge is 2.40. The van der Waals surface area contributed by atoms with E-state index in [0.29, 0.717) is 6.61 Å². The van der Waals surface area contributed by atoms with Crippen molar-refractivity contribution < 1.29 is 9.53 Å². The van der Waals surface area contributed by atoms with Crippen LogP contribution in [0.4, 0.5) is 0 Å². The average molecular weight is 379 g/mol. The van der Waals surface area contributed by atoms with Gasteiger partial charge < -0.3 is 15.4 Å². The highest BCUT2D eigenvalue weighted by atomic mass is 35.5. The second-order valence-corrected chi connectivity index (χ2v) is 6.70. The summed E-state index contributed by atoms with van der Waals surface area (Å²) in [6.45, 7) is 4.18. The van der Waals surface area contributed by atoms with Gasteiger partial charge >= 0.3 is 0 Å². The molecule has 26 heavy (non-hydrogen) atoms. The van der Waals surface area contributed by atoms with Gasteiger partial charge in [0.25, 0.3) is 0 Å². The molecule has 6 nitrogen and oxygen atoms in total. The molecule has 1 atom stereocenters. The number of piperidine rings is 1. The summed E-state index contributed by atoms with van der Waals surface area (Å²) in [5.41, 5.74) is 1.65. The first-order valence-corrected chi connectivity index (χ1v) is 8.75. The first kappa shape index (κ1) is 20.4. The van der Waals surface area contributed by atoms with Gasteiger partial charge in [-0.2, -0.15) is 5.10 Å². The van der Waals surface area contributed by atoms with Gasteiger partial charge in [0.2, 0.25) is 5.91 Å². The zero-order valence-corrected chi connectivity index (χ0v) is 16.1. The van der Waals surface area contributed by atoms with Crippen molar-refractivity contribution in [3.63, 3.8) is 0 Å². The summed E-state index contributed by atoms with van der Waals surface area (Å²) in [5, 5.41) is 10.7. The van der Waals surface area contributed by atoms with Crippen LogP contribution in [0.15, 0.2) is 42.7 Å². The zero-order valence-electron chi connectivity index (χ0n) is 15.3. The number of nitrogens with zero attached hydrogens (tertiary/aromatic N) is 2. The molecule has 1 aromatic carbocycles. The van der Waals surface area contributed by atoms with Crippen molar-refractivity contribution in [2.24, 2.45) is 5.41 Å². The minimum Gasteiger partial charge on any atom is -0.384 e. The highest BCUT2D eigenvalue weighted by Crippen LogP contribution is 2.30. The molecule has 1 aliphatic rings. The number of benzene rings is 1. The van der Waals surface area contributed by atoms with Crippen molar-refractivity contribution >= 4 is 18.3 Å². The maximum atomic E-state index is 12.9. The van der Waals surface area contributed by atoms with E-state index in [1.165, 1.54) is 0 Å². The highest BCUT2D eigenvalue weighted by molar-refractivity contribution is 5.85. The number of aromatic nitrogens is 2. The number of ether oxygens (including phenoxy) is 1. The van der Waals surface area contributed by atoms with Gasteiger partial charge in [-0.25, -0.2) is 4.68 Å². The van der Waals surface area contributed by atoms with Crippen LogP contribution in [0.2, 0.25) is 0 Å². The van der Waals surface area contributed by atoms with Gasteiger partial charge in [-0.15, -0.1) is 12.4 Å². The van der Waals surface area contributed by atoms with E-state index in [1.807, 2.05) is 48.1 Å². The van der Waals surface area contributed by atoms with Crippen molar-refractivity contribution in [1.82, 2.24) is 20.4 Å². The molecular formula is C19H27ClN4O2. The van der Waals surface area contributed by atoms with Crippen LogP contribution < -0.4 is 10.6 Å². The summed E-state index contributed by atoms with van der Waals surface area (Å²) in [6.07, 6.45) is 5.27. The molecule has 1 unspecified atom stereocenters. The summed E-state index contributed by atoms with van der Waals surface area (Å²) in [7, 11) is 1.66. The van der Waals surface area contributed by atoms with Crippen LogP contribution in [0.1, 0.15) is 31.4 Å². The Morgan fingerprint density at radius 3 is 2.62 bits per heavy atom. The minimum atomic E-state index is -0.427. The largest absolute Gasteiger partial charge is 0.384 e. The van der Waals surface area contributed by atoms with E-state index >= 15 is 0 Å². The molecule has 1 saturated heterocycles. The van der Waals surface area contributed by atoms with Crippen LogP contribution in [-0.2, 0) is 9.53 Å². The van der Waals surface area contributed by atoms with E-state index in [-0.39, 0.29) is 24.4 Å². The molecule has 7 heteroatoms. The minimum absolute atomic E-state index is 0. The normalized spacial score (nSPS) is 17.2. The third-order valence-electron chi connectivity index (χ3n) is 4.97. The van der Waals surface area contributed by atoms with Crippen molar-refractivity contribution in [2.75, 3.05) is 26.8 Å². The van der Waals surface area contributed by atoms with Crippen molar-refractivity contribution in [3.05, 3.63) is 48.3 Å². The molecule has 0 bridgehead atoms. The predicted molar refractivity (Wildman–Crippen MR) is 104 cm³/mol. The predicted octanol–water partition coefficient (Wildman–Crippen LogP) is 2.49. The second kappa shape index (κ2) is 9.16. The Balaban J connectivity index is 0.00000243. The first-order chi connectivity index (χ1) is 12.1. The number of carbonyl (C=O) groups is 1. The Morgan fingerprint density at radius 2 is 2.04 bits per heavy atom. The lowest BCUT2D eigenvalue weighted by molar-refractivity contribution is -0.136. The lowest BCUT2D eigenvalue weighted by Gasteiger charge is -2.36. The molecule has 3 rings (SSSR count). The standard InChI is InChI=1S/C19H26N4O2.ClH/c1-15(16-4-6-17(7-5-16)23-13-3-10-21-23)22-18(24)19(14-25-2)8-11-20-12-9-19;/h3-7,10,13,15,20H,8-9,11-12,14H2,1-2H3,(H,22,24);1H. The molecule has 1 amide bonds. The second-order valence-electron chi connectivity index (χ2n) is 6.70. The summed E-state index contributed by atoms with van der Waals surface area (Å²) in [5.74, 6) is 0.0829. The quantitative estimate of drug-likeness (QED) is 0.810. The summed E-state index contributed by atoms with van der Waals surface area (Å²) < 4.78 is 7.17. The number of rotatable bonds is 6. The molecule has 0 spiro atoms. The topological polar surface area (TPSA) is 68.2 Å². The number of carbonyl (C=O) groups excluding carboxylic acids is 1. The third-order valence-corrected chi connectivity index (χ3v) is 4.97. The Kier molecular flexibility index (Phi) is 7.20. The van der Waals surface area contributed by atoms with Gasteiger partial charge in [0.15, 0.2) is 0 Å². The van der Waals surface area contributed by atoms with E-state index in [0.717, 1.165) is 37.2 Å². The van der Waals surface area contributed by atoms with Gasteiger partial charge in [0.1, 0.15) is 0 Å². The lowest BCUT2D eigenvalue weighted by Crippen LogP contribution is -2.50. The molecule has 1 fully saturated rings. The van der Waals surface area contributed by atoms with E-state index < -0.39 is 5.41 Å². The monoisotopic (exact) mass is 378 g/mol. The fraction of sp³-hybridized carbons (Fsp3) is 0.474. The molecule has 1 aliphatic heterocycles. The number of methoxy groups -OCH3 is 1. The van der Waals surface area contributed by atoms with Crippen LogP contribution >= 0.6 is 12.4 Å². The molecule has 0 saturated carbocycles. The number of hydrogen-bond donors (Lipinski definition) is 2. The first-order valence-electron chi connectivity index (χ1n) is 8.75. The van der Waals surface area contributed by atoms with Crippen LogP contribution in [-0.4, -0.2) is 42.5 Å². The van der Waals surface area contributed by atoms with Crippen molar-refractivity contribution in [3.8, 4) is 5.69 Å². The lowest BCUT2D eigenvalue weighted by atomic mass is 9.78. The summed E-state index contributed by atoms with van der Waals surface area (Å²) in [4.78, 5) is 12.9. The number of nitrogens with one attached hydrogen (secondary N) is 2. The van der Waals surface area contributed by atoms with Crippen LogP contribution in [0.3, 0.4) is 0 Å². The van der Waals surface area contributed by atoms with E-state index in [2.05, 4.69) is 15.7 Å². The zero-order chi connectivity index (χ0) is 17.7. The fourth-order valence-corrected chi connectivity index (χ4v) is 3.39. The van der Waals surface area contributed by atoms with Gasteiger partial charge in [-0.05, 0) is 56.6 Å². The van der Waals surface area contributed by atoms with Crippen LogP contribution in [0, 0.1) is 5.41 Å². The van der Waals surface area contributed by atoms with E-state index in [4.69, 9.17) is 4.74 Å². The maximum absolute atomic E-state index is 12.9. The van der Waals surface area contributed by atoms with Gasteiger partial charge in [0.05, 0.1) is 23.8 Å². The van der Waals surface area contributed by atoms with Crippen LogP contribution in [0.25, 0.3) is 5.69 Å². The van der Waals surface area contributed by atoms with Crippen molar-refractivity contribution in [1.29, 1.82) is 0 Å². The maximum Gasteiger partial charge on any atom is 0.229 e. The molecule has 0 radical (unpaired) electrons. The van der Waals surface area contributed by atoms with Gasteiger partial charge in [-0.1, -0.05) is 12.1 Å². The summed E-state index contributed by atoms with van der Waals surface area (Å²) >= 11 is 0. The Morgan fingerprint density at radius 1 is 1.35 bits per heavy atom. The van der Waals surface area contributed by atoms with Gasteiger partial charge in [0, 0.05) is 19.5 Å². The molecule has 1 aromatic heterocycles. The molecule has 2 aromatic rings. The SMILES string of the molecule is COCC1(C(=O)NC(C)c2ccc(-n3cccn3)cc2)CCNCC1.Cl. The number of amides is 1. The third kappa shape index (κ3) is 4.44. The van der Waals surface area contributed by atoms with E-state index in [9.17, 15) is 4.79 Å². The smallest absolute Gasteiger partial charge is 0.229 e. The average Bonchev–Trinajstić information content (AvgIpc) is 3.17. The van der Waals surface area contributed by atoms with Crippen LogP contribution in [0.5, 0.6) is 0 Å². The Bertz CT molecular complexity index is 677.